The van der Waals surface area contributed by atoms with Crippen molar-refractivity contribution in [2.75, 3.05) is 45.8 Å². The molecular formula is C22H29F2N5O. The molecule has 6 nitrogen and oxygen atoms in total. The molecule has 1 aromatic carbocycles. The number of halogens is 2. The van der Waals surface area contributed by atoms with Crippen molar-refractivity contribution >= 4 is 5.91 Å². The Hall–Kier alpha value is -2.32. The maximum atomic E-state index is 13.7. The summed E-state index contributed by atoms with van der Waals surface area (Å²) in [5.74, 6) is -2.00. The number of carbonyl (C=O) groups excluding carboxylic acids is 1. The van der Waals surface area contributed by atoms with E-state index >= 15 is 0 Å². The number of carbonyl (C=O) groups is 1. The molecule has 1 amide bonds. The van der Waals surface area contributed by atoms with Crippen molar-refractivity contribution in [2.24, 2.45) is 0 Å². The molecule has 1 aliphatic heterocycles. The zero-order valence-corrected chi connectivity index (χ0v) is 17.5. The number of fused-ring (bicyclic) bond motifs is 1. The van der Waals surface area contributed by atoms with E-state index in [4.69, 9.17) is 0 Å². The van der Waals surface area contributed by atoms with Crippen LogP contribution in [0.1, 0.15) is 41.5 Å². The summed E-state index contributed by atoms with van der Waals surface area (Å²) in [6.07, 6.45) is 3.38. The maximum Gasteiger partial charge on any atom is 0.272 e. The van der Waals surface area contributed by atoms with Gasteiger partial charge in [0.05, 0.1) is 5.69 Å². The Morgan fingerprint density at radius 2 is 1.87 bits per heavy atom. The third-order valence-corrected chi connectivity index (χ3v) is 6.14. The Morgan fingerprint density at radius 3 is 2.60 bits per heavy atom. The van der Waals surface area contributed by atoms with E-state index in [1.165, 1.54) is 6.07 Å². The predicted octanol–water partition coefficient (Wildman–Crippen LogP) is 2.40. The molecule has 1 fully saturated rings. The van der Waals surface area contributed by atoms with Crippen LogP contribution >= 0.6 is 0 Å². The smallest absolute Gasteiger partial charge is 0.272 e. The van der Waals surface area contributed by atoms with Gasteiger partial charge in [-0.1, -0.05) is 6.92 Å². The van der Waals surface area contributed by atoms with Crippen LogP contribution in [0.4, 0.5) is 8.78 Å². The van der Waals surface area contributed by atoms with Crippen molar-refractivity contribution in [2.45, 2.75) is 32.6 Å². The lowest BCUT2D eigenvalue weighted by Gasteiger charge is -2.33. The third-order valence-electron chi connectivity index (χ3n) is 6.14. The van der Waals surface area contributed by atoms with Crippen LogP contribution in [-0.4, -0.2) is 71.3 Å². The lowest BCUT2D eigenvalue weighted by atomic mass is 10.2. The van der Waals surface area contributed by atoms with Crippen molar-refractivity contribution in [1.29, 1.82) is 0 Å². The van der Waals surface area contributed by atoms with Gasteiger partial charge in [-0.05, 0) is 50.9 Å². The van der Waals surface area contributed by atoms with Gasteiger partial charge >= 0.3 is 0 Å². The molecule has 2 aliphatic rings. The van der Waals surface area contributed by atoms with Crippen molar-refractivity contribution in [3.63, 3.8) is 0 Å². The monoisotopic (exact) mass is 417 g/mol. The Balaban J connectivity index is 1.36. The summed E-state index contributed by atoms with van der Waals surface area (Å²) in [6.45, 7) is 9.23. The van der Waals surface area contributed by atoms with Gasteiger partial charge in [0.25, 0.3) is 5.91 Å². The van der Waals surface area contributed by atoms with E-state index in [9.17, 15) is 13.6 Å². The molecule has 4 rings (SSSR count). The highest BCUT2D eigenvalue weighted by molar-refractivity contribution is 5.94. The van der Waals surface area contributed by atoms with E-state index < -0.39 is 11.6 Å². The molecule has 0 spiro atoms. The maximum absolute atomic E-state index is 13.7. The lowest BCUT2D eigenvalue weighted by molar-refractivity contribution is 0.0942. The Kier molecular flexibility index (Phi) is 6.43. The zero-order chi connectivity index (χ0) is 21.1. The number of amides is 1. The van der Waals surface area contributed by atoms with Gasteiger partial charge in [0, 0.05) is 50.0 Å². The summed E-state index contributed by atoms with van der Waals surface area (Å²) in [4.78, 5) is 17.6. The van der Waals surface area contributed by atoms with Crippen molar-refractivity contribution < 1.29 is 13.6 Å². The second-order valence-corrected chi connectivity index (χ2v) is 8.02. The molecular weight excluding hydrogens is 388 g/mol. The number of nitrogens with one attached hydrogen (secondary N) is 1. The molecule has 1 N–H and O–H groups in total. The summed E-state index contributed by atoms with van der Waals surface area (Å²) in [7, 11) is 0. The Morgan fingerprint density at radius 1 is 1.10 bits per heavy atom. The molecule has 0 unspecified atom stereocenters. The minimum atomic E-state index is -0.916. The van der Waals surface area contributed by atoms with Gasteiger partial charge in [-0.2, -0.15) is 5.10 Å². The van der Waals surface area contributed by atoms with Gasteiger partial charge in [-0.15, -0.1) is 0 Å². The van der Waals surface area contributed by atoms with Crippen LogP contribution < -0.4 is 5.32 Å². The number of hydrogen-bond acceptors (Lipinski definition) is 4. The molecule has 162 valence electrons. The number of benzene rings is 1. The second kappa shape index (κ2) is 9.22. The van der Waals surface area contributed by atoms with Crippen LogP contribution in [0.5, 0.6) is 0 Å². The molecule has 0 saturated carbocycles. The van der Waals surface area contributed by atoms with E-state index in [-0.39, 0.29) is 5.91 Å². The molecule has 30 heavy (non-hydrogen) atoms. The van der Waals surface area contributed by atoms with Crippen LogP contribution in [0.2, 0.25) is 0 Å². The van der Waals surface area contributed by atoms with Crippen LogP contribution in [0.25, 0.3) is 5.69 Å². The molecule has 8 heteroatoms. The molecule has 0 bridgehead atoms. The highest BCUT2D eigenvalue weighted by Gasteiger charge is 2.27. The van der Waals surface area contributed by atoms with Gasteiger partial charge in [-0.25, -0.2) is 13.5 Å². The van der Waals surface area contributed by atoms with E-state index in [1.54, 1.807) is 4.68 Å². The fourth-order valence-corrected chi connectivity index (χ4v) is 4.37. The van der Waals surface area contributed by atoms with E-state index in [0.29, 0.717) is 17.9 Å². The van der Waals surface area contributed by atoms with Gasteiger partial charge < -0.3 is 15.1 Å². The first-order valence-electron chi connectivity index (χ1n) is 10.9. The topological polar surface area (TPSA) is 53.4 Å². The fraction of sp³-hybridized carbons (Fsp3) is 0.545. The van der Waals surface area contributed by atoms with Gasteiger partial charge in [0.1, 0.15) is 0 Å². The largest absolute Gasteiger partial charge is 0.351 e. The quantitative estimate of drug-likeness (QED) is 0.703. The average Bonchev–Trinajstić information content (AvgIpc) is 3.36. The molecule has 0 radical (unpaired) electrons. The van der Waals surface area contributed by atoms with E-state index in [1.807, 2.05) is 0 Å². The Bertz CT molecular complexity index is 905. The fourth-order valence-electron chi connectivity index (χ4n) is 4.37. The minimum Gasteiger partial charge on any atom is -0.351 e. The highest BCUT2D eigenvalue weighted by Crippen LogP contribution is 2.28. The zero-order valence-electron chi connectivity index (χ0n) is 17.5. The summed E-state index contributed by atoms with van der Waals surface area (Å²) in [6, 6.07) is 3.71. The highest BCUT2D eigenvalue weighted by atomic mass is 19.2. The van der Waals surface area contributed by atoms with Crippen molar-refractivity contribution in [3.05, 3.63) is 46.8 Å². The summed E-state index contributed by atoms with van der Waals surface area (Å²) in [5.41, 5.74) is 2.69. The summed E-state index contributed by atoms with van der Waals surface area (Å²) in [5, 5.41) is 7.45. The standard InChI is InChI=1S/C22H29F2N5O/c1-2-27-11-13-28(14-12-27)10-4-9-25-22(30)21-17-5-3-6-20(17)29(26-21)16-7-8-18(23)19(24)15-16/h7-8,15H,2-6,9-14H2,1H3,(H,25,30). The van der Waals surface area contributed by atoms with Crippen LogP contribution in [0.3, 0.4) is 0 Å². The number of aromatic nitrogens is 2. The number of nitrogens with zero attached hydrogens (tertiary/aromatic N) is 4. The third kappa shape index (κ3) is 4.39. The molecule has 2 heterocycles. The molecule has 2 aromatic rings. The molecule has 1 saturated heterocycles. The first-order valence-corrected chi connectivity index (χ1v) is 10.9. The van der Waals surface area contributed by atoms with Gasteiger partial charge in [0.15, 0.2) is 17.3 Å². The first-order chi connectivity index (χ1) is 14.6. The van der Waals surface area contributed by atoms with Gasteiger partial charge in [0.2, 0.25) is 0 Å². The normalized spacial score (nSPS) is 17.3. The summed E-state index contributed by atoms with van der Waals surface area (Å²) < 4.78 is 28.6. The van der Waals surface area contributed by atoms with E-state index in [0.717, 1.165) is 88.3 Å². The predicted molar refractivity (Wildman–Crippen MR) is 111 cm³/mol. The molecule has 1 aliphatic carbocycles. The Labute approximate surface area is 175 Å². The van der Waals surface area contributed by atoms with Crippen LogP contribution in [0.15, 0.2) is 18.2 Å². The van der Waals surface area contributed by atoms with Crippen LogP contribution in [0, 0.1) is 11.6 Å². The molecule has 0 atom stereocenters. The van der Waals surface area contributed by atoms with Crippen molar-refractivity contribution in [1.82, 2.24) is 24.9 Å². The number of piperazine rings is 1. The average molecular weight is 418 g/mol. The van der Waals surface area contributed by atoms with Crippen LogP contribution in [-0.2, 0) is 12.8 Å². The lowest BCUT2D eigenvalue weighted by Crippen LogP contribution is -2.46. The minimum absolute atomic E-state index is 0.190. The van der Waals surface area contributed by atoms with Gasteiger partial charge in [-0.3, -0.25) is 4.79 Å². The summed E-state index contributed by atoms with van der Waals surface area (Å²) >= 11 is 0. The number of likely N-dealkylation sites (N-methyl/N-ethyl adjacent to an activating group) is 1. The SMILES string of the molecule is CCN1CCN(CCCNC(=O)c2nn(-c3ccc(F)c(F)c3)c3c2CCC3)CC1. The molecule has 1 aromatic heterocycles. The number of rotatable bonds is 7. The number of hydrogen-bond donors (Lipinski definition) is 1. The van der Waals surface area contributed by atoms with E-state index in [2.05, 4.69) is 27.1 Å². The second-order valence-electron chi connectivity index (χ2n) is 8.02. The first kappa shape index (κ1) is 20.9. The van der Waals surface area contributed by atoms with Crippen molar-refractivity contribution in [3.8, 4) is 5.69 Å².